The van der Waals surface area contributed by atoms with Gasteiger partial charge in [-0.1, -0.05) is 6.07 Å². The van der Waals surface area contributed by atoms with E-state index >= 15 is 0 Å². The van der Waals surface area contributed by atoms with E-state index in [0.29, 0.717) is 22.5 Å². The van der Waals surface area contributed by atoms with Crippen LogP contribution in [0.4, 0.5) is 11.4 Å². The topological polar surface area (TPSA) is 119 Å². The van der Waals surface area contributed by atoms with Gasteiger partial charge in [-0.05, 0) is 24.1 Å². The number of esters is 1. The molecule has 6 N–H and O–H groups in total. The molecule has 1 rings (SSSR count). The molecule has 6 heteroatoms. The van der Waals surface area contributed by atoms with E-state index in [9.17, 15) is 15.0 Å². The van der Waals surface area contributed by atoms with Crippen molar-refractivity contribution in [3.8, 4) is 0 Å². The number of nitrogen functional groups attached to an aromatic ring is 2. The summed E-state index contributed by atoms with van der Waals surface area (Å²) in [5, 5.41) is 19.6. The van der Waals surface area contributed by atoms with Gasteiger partial charge in [-0.15, -0.1) is 0 Å². The van der Waals surface area contributed by atoms with Crippen LogP contribution in [0.25, 0.3) is 0 Å². The summed E-state index contributed by atoms with van der Waals surface area (Å²) in [6.07, 6.45) is -2.76. The van der Waals surface area contributed by atoms with E-state index in [1.165, 1.54) is 13.2 Å². The van der Waals surface area contributed by atoms with Crippen molar-refractivity contribution in [2.24, 2.45) is 0 Å². The molecule has 0 aliphatic carbocycles. The first-order chi connectivity index (χ1) is 8.36. The van der Waals surface area contributed by atoms with Crippen molar-refractivity contribution in [1.82, 2.24) is 0 Å². The van der Waals surface area contributed by atoms with Crippen molar-refractivity contribution in [3.63, 3.8) is 0 Å². The maximum absolute atomic E-state index is 11.0. The van der Waals surface area contributed by atoms with E-state index < -0.39 is 18.2 Å². The lowest BCUT2D eigenvalue weighted by Gasteiger charge is -2.19. The number of ether oxygens (including phenoxy) is 1. The second kappa shape index (κ2) is 5.70. The lowest BCUT2D eigenvalue weighted by atomic mass is 9.98. The average Bonchev–Trinajstić information content (AvgIpc) is 2.33. The van der Waals surface area contributed by atoms with Gasteiger partial charge in [0.25, 0.3) is 0 Å². The Balaban J connectivity index is 2.90. The molecule has 100 valence electrons. The van der Waals surface area contributed by atoms with Crippen LogP contribution < -0.4 is 11.5 Å². The van der Waals surface area contributed by atoms with Crippen LogP contribution in [0.2, 0.25) is 0 Å². The number of hydrogen-bond donors (Lipinski definition) is 4. The molecule has 1 aromatic rings. The van der Waals surface area contributed by atoms with Crippen LogP contribution in [-0.4, -0.2) is 29.4 Å². The van der Waals surface area contributed by atoms with Crippen LogP contribution in [0.3, 0.4) is 0 Å². The molecule has 18 heavy (non-hydrogen) atoms. The number of aliphatic hydroxyl groups is 2. The lowest BCUT2D eigenvalue weighted by molar-refractivity contribution is -0.144. The van der Waals surface area contributed by atoms with Crippen LogP contribution in [0.5, 0.6) is 0 Å². The standard InChI is InChI=1S/C12H18N2O4/c1-6-3-7(4-8(13)11(6)14)12(17)9(15)5-10(16)18-2/h3-4,9,12,15,17H,5,13-14H2,1-2H3. The van der Waals surface area contributed by atoms with E-state index in [1.54, 1.807) is 13.0 Å². The van der Waals surface area contributed by atoms with Crippen molar-refractivity contribution < 1.29 is 19.7 Å². The number of rotatable bonds is 4. The normalized spacial score (nSPS) is 14.0. The first kappa shape index (κ1) is 14.3. The molecule has 0 aliphatic rings. The number of anilines is 2. The maximum atomic E-state index is 11.0. The van der Waals surface area contributed by atoms with Gasteiger partial charge < -0.3 is 26.4 Å². The molecule has 0 heterocycles. The minimum Gasteiger partial charge on any atom is -0.469 e. The van der Waals surface area contributed by atoms with E-state index in [1.807, 2.05) is 0 Å². The second-order valence-corrected chi connectivity index (χ2v) is 4.13. The summed E-state index contributed by atoms with van der Waals surface area (Å²) in [6.45, 7) is 1.74. The molecular formula is C12H18N2O4. The van der Waals surface area contributed by atoms with E-state index in [0.717, 1.165) is 0 Å². The Morgan fingerprint density at radius 3 is 2.50 bits per heavy atom. The smallest absolute Gasteiger partial charge is 0.308 e. The minimum atomic E-state index is -1.25. The molecule has 0 aromatic heterocycles. The van der Waals surface area contributed by atoms with Crippen LogP contribution >= 0.6 is 0 Å². The number of methoxy groups -OCH3 is 1. The molecule has 0 amide bonds. The van der Waals surface area contributed by atoms with Gasteiger partial charge in [0.05, 0.1) is 31.0 Å². The SMILES string of the molecule is COC(=O)CC(O)C(O)c1cc(C)c(N)c(N)c1. The Bertz CT molecular complexity index is 425. The fraction of sp³-hybridized carbons (Fsp3) is 0.417. The van der Waals surface area contributed by atoms with Gasteiger partial charge in [0.2, 0.25) is 0 Å². The van der Waals surface area contributed by atoms with E-state index in [-0.39, 0.29) is 6.42 Å². The van der Waals surface area contributed by atoms with Crippen molar-refractivity contribution >= 4 is 17.3 Å². The zero-order valence-corrected chi connectivity index (χ0v) is 10.4. The fourth-order valence-corrected chi connectivity index (χ4v) is 1.61. The van der Waals surface area contributed by atoms with Gasteiger partial charge in [-0.3, -0.25) is 4.79 Å². The Hall–Kier alpha value is -1.79. The molecule has 0 spiro atoms. The van der Waals surface area contributed by atoms with Crippen molar-refractivity contribution in [3.05, 3.63) is 23.3 Å². The molecule has 2 unspecified atom stereocenters. The third-order valence-electron chi connectivity index (χ3n) is 2.75. The number of hydrogen-bond acceptors (Lipinski definition) is 6. The third-order valence-corrected chi connectivity index (χ3v) is 2.75. The number of nitrogens with two attached hydrogens (primary N) is 2. The highest BCUT2D eigenvalue weighted by molar-refractivity contribution is 5.70. The zero-order chi connectivity index (χ0) is 13.9. The maximum Gasteiger partial charge on any atom is 0.308 e. The van der Waals surface area contributed by atoms with Crippen LogP contribution in [-0.2, 0) is 9.53 Å². The Morgan fingerprint density at radius 1 is 1.39 bits per heavy atom. The molecule has 0 bridgehead atoms. The predicted molar refractivity (Wildman–Crippen MR) is 67.6 cm³/mol. The number of carbonyl (C=O) groups is 1. The minimum absolute atomic E-state index is 0.291. The van der Waals surface area contributed by atoms with Crippen LogP contribution in [0.15, 0.2) is 12.1 Å². The fourth-order valence-electron chi connectivity index (χ4n) is 1.61. The molecule has 0 fully saturated rings. The summed E-state index contributed by atoms with van der Waals surface area (Å²) in [5.41, 5.74) is 13.2. The van der Waals surface area contributed by atoms with Crippen molar-refractivity contribution in [1.29, 1.82) is 0 Å². The van der Waals surface area contributed by atoms with Crippen molar-refractivity contribution in [2.75, 3.05) is 18.6 Å². The summed E-state index contributed by atoms with van der Waals surface area (Å²) >= 11 is 0. The number of carbonyl (C=O) groups excluding carboxylic acids is 1. The highest BCUT2D eigenvalue weighted by Gasteiger charge is 2.22. The first-order valence-corrected chi connectivity index (χ1v) is 5.45. The average molecular weight is 254 g/mol. The quantitative estimate of drug-likeness (QED) is 0.447. The van der Waals surface area contributed by atoms with Gasteiger partial charge in [-0.25, -0.2) is 0 Å². The second-order valence-electron chi connectivity index (χ2n) is 4.13. The molecule has 6 nitrogen and oxygen atoms in total. The zero-order valence-electron chi connectivity index (χ0n) is 10.4. The highest BCUT2D eigenvalue weighted by atomic mass is 16.5. The number of benzene rings is 1. The molecular weight excluding hydrogens is 236 g/mol. The summed E-state index contributed by atoms with van der Waals surface area (Å²) < 4.78 is 4.42. The van der Waals surface area contributed by atoms with Gasteiger partial charge >= 0.3 is 5.97 Å². The largest absolute Gasteiger partial charge is 0.469 e. The Morgan fingerprint density at radius 2 is 2.00 bits per heavy atom. The van der Waals surface area contributed by atoms with E-state index in [2.05, 4.69) is 4.74 Å². The molecule has 0 saturated carbocycles. The summed E-state index contributed by atoms with van der Waals surface area (Å²) in [6, 6.07) is 3.10. The Kier molecular flexibility index (Phi) is 4.52. The Labute approximate surface area is 105 Å². The lowest BCUT2D eigenvalue weighted by Crippen LogP contribution is -2.23. The molecule has 0 radical (unpaired) electrons. The summed E-state index contributed by atoms with van der Waals surface area (Å²) in [5.74, 6) is -0.596. The van der Waals surface area contributed by atoms with Gasteiger partial charge in [0, 0.05) is 0 Å². The highest BCUT2D eigenvalue weighted by Crippen LogP contribution is 2.27. The van der Waals surface area contributed by atoms with Crippen LogP contribution in [0, 0.1) is 6.92 Å². The monoisotopic (exact) mass is 254 g/mol. The molecule has 0 aliphatic heterocycles. The first-order valence-electron chi connectivity index (χ1n) is 5.45. The van der Waals surface area contributed by atoms with Crippen LogP contribution in [0.1, 0.15) is 23.7 Å². The van der Waals surface area contributed by atoms with Gasteiger partial charge in [0.15, 0.2) is 0 Å². The van der Waals surface area contributed by atoms with Crippen molar-refractivity contribution in [2.45, 2.75) is 25.6 Å². The molecule has 1 aromatic carbocycles. The third kappa shape index (κ3) is 3.12. The number of aliphatic hydroxyl groups excluding tert-OH is 2. The number of aryl methyl sites for hydroxylation is 1. The predicted octanol–water partition coefficient (Wildman–Crippen LogP) is 0.117. The van der Waals surface area contributed by atoms with Gasteiger partial charge in [0.1, 0.15) is 6.10 Å². The molecule has 0 saturated heterocycles. The van der Waals surface area contributed by atoms with E-state index in [4.69, 9.17) is 11.5 Å². The summed E-state index contributed by atoms with van der Waals surface area (Å²) in [4.78, 5) is 11.0. The summed E-state index contributed by atoms with van der Waals surface area (Å²) in [7, 11) is 1.22. The van der Waals surface area contributed by atoms with Gasteiger partial charge in [-0.2, -0.15) is 0 Å². The molecule has 2 atom stereocenters.